The molecule has 10 heteroatoms. The van der Waals surface area contributed by atoms with Crippen molar-refractivity contribution in [2.24, 2.45) is 4.99 Å². The van der Waals surface area contributed by atoms with Crippen LogP contribution in [-0.2, 0) is 9.47 Å². The number of amides is 2. The number of nitrogens with one attached hydrogen (secondary N) is 3. The molecule has 0 bridgehead atoms. The molecule has 0 atom stereocenters. The average molecular weight is 541 g/mol. The summed E-state index contributed by atoms with van der Waals surface area (Å²) in [7, 11) is 3.12. The molecule has 0 radical (unpaired) electrons. The van der Waals surface area contributed by atoms with E-state index in [0.29, 0.717) is 25.6 Å². The van der Waals surface area contributed by atoms with Crippen molar-refractivity contribution >= 4 is 42.1 Å². The van der Waals surface area contributed by atoms with E-state index >= 15 is 0 Å². The number of aliphatic imine (C=N–C) groups is 1. The molecule has 1 rings (SSSR count). The number of hydrogen-bond donors (Lipinski definition) is 3. The fourth-order valence-electron chi connectivity index (χ4n) is 3.22. The van der Waals surface area contributed by atoms with Crippen molar-refractivity contribution in [3.05, 3.63) is 0 Å². The van der Waals surface area contributed by atoms with Gasteiger partial charge in [0.05, 0.1) is 12.6 Å². The predicted molar refractivity (Wildman–Crippen MR) is 130 cm³/mol. The molecular weight excluding hydrogens is 501 g/mol. The van der Waals surface area contributed by atoms with Crippen molar-refractivity contribution in [1.82, 2.24) is 20.9 Å². The Morgan fingerprint density at radius 2 is 1.70 bits per heavy atom. The highest BCUT2D eigenvalue weighted by atomic mass is 127. The fraction of sp³-hybridized carbons (Fsp3) is 0.850. The summed E-state index contributed by atoms with van der Waals surface area (Å²) in [6.45, 7) is 11.5. The second-order valence-corrected chi connectivity index (χ2v) is 8.42. The van der Waals surface area contributed by atoms with Gasteiger partial charge in [0.2, 0.25) is 0 Å². The number of carbonyl (C=O) groups is 2. The molecule has 2 amide bonds. The Kier molecular flexibility index (Phi) is 12.4. The second kappa shape index (κ2) is 13.1. The van der Waals surface area contributed by atoms with Gasteiger partial charge in [0.1, 0.15) is 5.60 Å². The van der Waals surface area contributed by atoms with Gasteiger partial charge >= 0.3 is 12.2 Å². The molecule has 1 fully saturated rings. The number of rotatable bonds is 6. The molecule has 0 spiro atoms. The monoisotopic (exact) mass is 541 g/mol. The Morgan fingerprint density at radius 3 is 2.13 bits per heavy atom. The van der Waals surface area contributed by atoms with Crippen LogP contribution in [0.2, 0.25) is 0 Å². The molecule has 9 nitrogen and oxygen atoms in total. The quantitative estimate of drug-likeness (QED) is 0.271. The molecule has 0 aromatic carbocycles. The molecule has 1 saturated heterocycles. The third-order valence-electron chi connectivity index (χ3n) is 5.21. The van der Waals surface area contributed by atoms with Crippen LogP contribution in [0.25, 0.3) is 0 Å². The van der Waals surface area contributed by atoms with E-state index in [1.165, 1.54) is 7.11 Å². The highest BCUT2D eigenvalue weighted by Crippen LogP contribution is 2.16. The molecule has 0 saturated carbocycles. The maximum atomic E-state index is 12.3. The first-order valence-corrected chi connectivity index (χ1v) is 10.4. The Morgan fingerprint density at radius 1 is 1.13 bits per heavy atom. The van der Waals surface area contributed by atoms with Crippen molar-refractivity contribution in [2.75, 3.05) is 33.8 Å². The van der Waals surface area contributed by atoms with Gasteiger partial charge in [-0.15, -0.1) is 24.0 Å². The van der Waals surface area contributed by atoms with Crippen molar-refractivity contribution in [3.8, 4) is 0 Å². The van der Waals surface area contributed by atoms with Crippen LogP contribution in [0.1, 0.15) is 60.3 Å². The van der Waals surface area contributed by atoms with Gasteiger partial charge < -0.3 is 30.3 Å². The number of methoxy groups -OCH3 is 1. The number of ether oxygens (including phenoxy) is 2. The second-order valence-electron chi connectivity index (χ2n) is 8.42. The SMILES string of the molecule is CCC(CC)(CNC(=NC)NC1CCN(C(=O)OC)CC1)NC(=O)OC(C)(C)C.I. The molecule has 0 unspecified atom stereocenters. The van der Waals surface area contributed by atoms with Gasteiger partial charge in [0.15, 0.2) is 5.96 Å². The topological polar surface area (TPSA) is 104 Å². The maximum Gasteiger partial charge on any atom is 0.409 e. The molecule has 1 aliphatic heterocycles. The summed E-state index contributed by atoms with van der Waals surface area (Å²) in [5, 5.41) is 9.78. The lowest BCUT2D eigenvalue weighted by Crippen LogP contribution is -2.58. The van der Waals surface area contributed by atoms with Gasteiger partial charge in [-0.2, -0.15) is 0 Å². The summed E-state index contributed by atoms with van der Waals surface area (Å²) < 4.78 is 10.2. The zero-order chi connectivity index (χ0) is 22.1. The first-order valence-electron chi connectivity index (χ1n) is 10.4. The summed E-state index contributed by atoms with van der Waals surface area (Å²) in [6, 6.07) is 0.221. The van der Waals surface area contributed by atoms with Crippen molar-refractivity contribution in [1.29, 1.82) is 0 Å². The van der Waals surface area contributed by atoms with Crippen LogP contribution < -0.4 is 16.0 Å². The summed E-state index contributed by atoms with van der Waals surface area (Å²) in [4.78, 5) is 29.9. The number of piperidine rings is 1. The lowest BCUT2D eigenvalue weighted by molar-refractivity contribution is 0.0448. The lowest BCUT2D eigenvalue weighted by Gasteiger charge is -2.35. The van der Waals surface area contributed by atoms with Crippen LogP contribution >= 0.6 is 24.0 Å². The first kappa shape index (κ1) is 28.5. The molecule has 1 aliphatic rings. The summed E-state index contributed by atoms with van der Waals surface area (Å²) in [6.07, 6.45) is 2.45. The van der Waals surface area contributed by atoms with E-state index in [1.54, 1.807) is 11.9 Å². The Bertz CT molecular complexity index is 568. The van der Waals surface area contributed by atoms with E-state index in [1.807, 2.05) is 34.6 Å². The van der Waals surface area contributed by atoms with E-state index in [2.05, 4.69) is 20.9 Å². The fourth-order valence-corrected chi connectivity index (χ4v) is 3.22. The third-order valence-corrected chi connectivity index (χ3v) is 5.21. The van der Waals surface area contributed by atoms with E-state index in [0.717, 1.165) is 25.7 Å². The summed E-state index contributed by atoms with van der Waals surface area (Å²) >= 11 is 0. The minimum atomic E-state index is -0.540. The normalized spacial score (nSPS) is 15.7. The Hall–Kier alpha value is -1.46. The highest BCUT2D eigenvalue weighted by Gasteiger charge is 2.31. The molecule has 30 heavy (non-hydrogen) atoms. The minimum Gasteiger partial charge on any atom is -0.453 e. The minimum absolute atomic E-state index is 0. The molecule has 0 aromatic rings. The van der Waals surface area contributed by atoms with Crippen LogP contribution in [-0.4, -0.2) is 74.0 Å². The Balaban J connectivity index is 0.00000841. The number of carbonyl (C=O) groups excluding carboxylic acids is 2. The predicted octanol–water partition coefficient (Wildman–Crippen LogP) is 3.08. The number of nitrogens with zero attached hydrogens (tertiary/aromatic N) is 2. The van der Waals surface area contributed by atoms with Crippen molar-refractivity contribution in [2.45, 2.75) is 77.5 Å². The zero-order valence-corrected chi connectivity index (χ0v) is 21.8. The molecular formula is C20H40IN5O4. The molecule has 176 valence electrons. The largest absolute Gasteiger partial charge is 0.453 e. The highest BCUT2D eigenvalue weighted by molar-refractivity contribution is 14.0. The van der Waals surface area contributed by atoms with Crippen molar-refractivity contribution in [3.63, 3.8) is 0 Å². The van der Waals surface area contributed by atoms with Gasteiger partial charge in [0.25, 0.3) is 0 Å². The van der Waals surface area contributed by atoms with Crippen LogP contribution in [0, 0.1) is 0 Å². The van der Waals surface area contributed by atoms with Gasteiger partial charge in [0, 0.05) is 32.7 Å². The van der Waals surface area contributed by atoms with Gasteiger partial charge in [-0.05, 0) is 46.5 Å². The molecule has 1 heterocycles. The van der Waals surface area contributed by atoms with Crippen LogP contribution in [0.5, 0.6) is 0 Å². The van der Waals surface area contributed by atoms with E-state index in [-0.39, 0.29) is 36.1 Å². The molecule has 0 aromatic heterocycles. The smallest absolute Gasteiger partial charge is 0.409 e. The van der Waals surface area contributed by atoms with Gasteiger partial charge in [-0.3, -0.25) is 4.99 Å². The average Bonchev–Trinajstić information content (AvgIpc) is 2.68. The first-order chi connectivity index (χ1) is 13.6. The number of alkyl carbamates (subject to hydrolysis) is 1. The van der Waals surface area contributed by atoms with Crippen LogP contribution in [0.3, 0.4) is 0 Å². The van der Waals surface area contributed by atoms with Crippen LogP contribution in [0.15, 0.2) is 4.99 Å². The van der Waals surface area contributed by atoms with E-state index in [9.17, 15) is 9.59 Å². The summed E-state index contributed by atoms with van der Waals surface area (Å²) in [5.74, 6) is 0.679. The number of hydrogen-bond acceptors (Lipinski definition) is 5. The number of likely N-dealkylation sites (tertiary alicyclic amines) is 1. The Labute approximate surface area is 198 Å². The number of guanidine groups is 1. The lowest BCUT2D eigenvalue weighted by atomic mass is 9.93. The van der Waals surface area contributed by atoms with E-state index in [4.69, 9.17) is 9.47 Å². The van der Waals surface area contributed by atoms with E-state index < -0.39 is 17.2 Å². The summed E-state index contributed by atoms with van der Waals surface area (Å²) in [5.41, 5.74) is -0.977. The zero-order valence-electron chi connectivity index (χ0n) is 19.5. The number of halogens is 1. The van der Waals surface area contributed by atoms with Gasteiger partial charge in [-0.1, -0.05) is 13.8 Å². The third kappa shape index (κ3) is 9.57. The molecule has 3 N–H and O–H groups in total. The molecule has 0 aliphatic carbocycles. The van der Waals surface area contributed by atoms with Crippen LogP contribution in [0.4, 0.5) is 9.59 Å². The standard InChI is InChI=1S/C20H39N5O4.HI/c1-8-20(9-2,24-17(26)29-19(3,4)5)14-22-16(21-6)23-15-10-12-25(13-11-15)18(27)28-7;/h15H,8-14H2,1-7H3,(H,24,26)(H2,21,22,23);1H. The van der Waals surface area contributed by atoms with Gasteiger partial charge in [-0.25, -0.2) is 9.59 Å². The maximum absolute atomic E-state index is 12.3. The van der Waals surface area contributed by atoms with Crippen molar-refractivity contribution < 1.29 is 19.1 Å².